The fourth-order valence-corrected chi connectivity index (χ4v) is 1.23. The van der Waals surface area contributed by atoms with E-state index in [1.807, 2.05) is 13.0 Å². The maximum atomic E-state index is 11.0. The molecule has 2 nitrogen and oxygen atoms in total. The van der Waals surface area contributed by atoms with E-state index in [0.717, 1.165) is 0 Å². The number of aliphatic hydroxyl groups is 1. The van der Waals surface area contributed by atoms with Gasteiger partial charge >= 0.3 is 0 Å². The van der Waals surface area contributed by atoms with Crippen molar-refractivity contribution in [3.05, 3.63) is 36.1 Å². The molecule has 0 bridgehead atoms. The van der Waals surface area contributed by atoms with Gasteiger partial charge in [-0.3, -0.25) is 4.79 Å². The number of halogens is 1. The summed E-state index contributed by atoms with van der Waals surface area (Å²) < 4.78 is -0.447. The average Bonchev–Trinajstić information content (AvgIpc) is 1.95. The Morgan fingerprint density at radius 1 is 1.50 bits per heavy atom. The summed E-state index contributed by atoms with van der Waals surface area (Å²) in [5, 5.41) is 9.21. The lowest BCUT2D eigenvalue weighted by molar-refractivity contribution is -0.113. The molecule has 64 valence electrons. The van der Waals surface area contributed by atoms with E-state index < -0.39 is 4.32 Å². The fourth-order valence-electron chi connectivity index (χ4n) is 0.859. The van der Waals surface area contributed by atoms with Crippen molar-refractivity contribution in [3.63, 3.8) is 0 Å². The molecule has 1 aliphatic rings. The van der Waals surface area contributed by atoms with Gasteiger partial charge in [0.25, 0.3) is 0 Å². The van der Waals surface area contributed by atoms with E-state index in [1.54, 1.807) is 12.2 Å². The van der Waals surface area contributed by atoms with Gasteiger partial charge < -0.3 is 5.11 Å². The molecule has 0 saturated heterocycles. The predicted octanol–water partition coefficient (Wildman–Crippen LogP) is 2.28. The zero-order valence-electron chi connectivity index (χ0n) is 6.62. The highest BCUT2D eigenvalue weighted by molar-refractivity contribution is 9.10. The van der Waals surface area contributed by atoms with Crippen LogP contribution in [-0.4, -0.2) is 15.2 Å². The van der Waals surface area contributed by atoms with Crippen LogP contribution in [-0.2, 0) is 4.79 Å². The monoisotopic (exact) mass is 228 g/mol. The molecule has 0 heterocycles. The van der Waals surface area contributed by atoms with Crippen molar-refractivity contribution in [2.45, 2.75) is 11.2 Å². The summed E-state index contributed by atoms with van der Waals surface area (Å²) in [4.78, 5) is 11.0. The molecule has 0 aromatic heterocycles. The lowest BCUT2D eigenvalue weighted by Crippen LogP contribution is -2.12. The van der Waals surface area contributed by atoms with Gasteiger partial charge in [0, 0.05) is 0 Å². The fraction of sp³-hybridized carbons (Fsp3) is 0.222. The van der Waals surface area contributed by atoms with E-state index in [2.05, 4.69) is 15.9 Å². The highest BCUT2D eigenvalue weighted by Gasteiger charge is 2.17. The van der Waals surface area contributed by atoms with Gasteiger partial charge in [0.2, 0.25) is 5.78 Å². The van der Waals surface area contributed by atoms with Gasteiger partial charge in [-0.1, -0.05) is 34.2 Å². The minimum Gasteiger partial charge on any atom is -0.504 e. The highest BCUT2D eigenvalue weighted by Crippen LogP contribution is 2.23. The van der Waals surface area contributed by atoms with Gasteiger partial charge in [0.15, 0.2) is 5.76 Å². The molecule has 12 heavy (non-hydrogen) atoms. The third-order valence-electron chi connectivity index (χ3n) is 1.45. The Morgan fingerprint density at radius 3 is 2.83 bits per heavy atom. The molecule has 0 aromatic rings. The molecule has 1 N–H and O–H groups in total. The summed E-state index contributed by atoms with van der Waals surface area (Å²) in [6.07, 6.45) is 7.99. The third-order valence-corrected chi connectivity index (χ3v) is 1.95. The molecule has 0 aromatic carbocycles. The zero-order valence-corrected chi connectivity index (χ0v) is 8.21. The molecule has 1 unspecified atom stereocenters. The van der Waals surface area contributed by atoms with E-state index in [0.29, 0.717) is 0 Å². The highest BCUT2D eigenvalue weighted by atomic mass is 79.9. The zero-order chi connectivity index (χ0) is 9.19. The topological polar surface area (TPSA) is 37.3 Å². The molecule has 0 spiro atoms. The van der Waals surface area contributed by atoms with Crippen molar-refractivity contribution in [3.8, 4) is 0 Å². The number of carbonyl (C=O) groups excluding carboxylic acids is 1. The number of aliphatic hydroxyl groups excluding tert-OH is 1. The van der Waals surface area contributed by atoms with Gasteiger partial charge in [-0.15, -0.1) is 0 Å². The standard InChI is InChI=1S/C9H9BrO2/c1-9(10)5-3-2-4-7(11)8(12)6-9/h2-6,12H,1H3/b4-2-,5-3-,8-6+. The number of hydrogen-bond donors (Lipinski definition) is 1. The number of carbonyl (C=O) groups is 1. The van der Waals surface area contributed by atoms with Crippen LogP contribution < -0.4 is 0 Å². The van der Waals surface area contributed by atoms with Gasteiger partial charge in [-0.05, 0) is 19.1 Å². The minimum atomic E-state index is -0.447. The van der Waals surface area contributed by atoms with Crippen LogP contribution >= 0.6 is 15.9 Å². The Morgan fingerprint density at radius 2 is 2.17 bits per heavy atom. The second-order valence-corrected chi connectivity index (χ2v) is 4.47. The van der Waals surface area contributed by atoms with Crippen molar-refractivity contribution >= 4 is 21.7 Å². The molecule has 0 fully saturated rings. The summed E-state index contributed by atoms with van der Waals surface area (Å²) in [6.45, 7) is 1.84. The molecule has 3 heteroatoms. The molecular formula is C9H9BrO2. The van der Waals surface area contributed by atoms with Crippen LogP contribution in [0.1, 0.15) is 6.92 Å². The molecule has 0 saturated carbocycles. The maximum Gasteiger partial charge on any atom is 0.219 e. The minimum absolute atomic E-state index is 0.227. The van der Waals surface area contributed by atoms with Crippen LogP contribution in [0.2, 0.25) is 0 Å². The Bertz CT molecular complexity index is 285. The van der Waals surface area contributed by atoms with Crippen molar-refractivity contribution in [2.24, 2.45) is 0 Å². The number of alkyl halides is 1. The lowest BCUT2D eigenvalue weighted by atomic mass is 10.1. The van der Waals surface area contributed by atoms with Gasteiger partial charge in [0.1, 0.15) is 0 Å². The summed E-state index contributed by atoms with van der Waals surface area (Å²) >= 11 is 3.34. The van der Waals surface area contributed by atoms with E-state index in [9.17, 15) is 9.90 Å². The first-order chi connectivity index (χ1) is 5.51. The van der Waals surface area contributed by atoms with Crippen molar-refractivity contribution in [2.75, 3.05) is 0 Å². The smallest absolute Gasteiger partial charge is 0.219 e. The molecule has 0 amide bonds. The molecule has 1 aliphatic carbocycles. The second kappa shape index (κ2) is 3.27. The first kappa shape index (κ1) is 9.26. The second-order valence-electron chi connectivity index (χ2n) is 2.76. The van der Waals surface area contributed by atoms with Crippen LogP contribution in [0, 0.1) is 0 Å². The number of ketones is 1. The Labute approximate surface area is 79.4 Å². The van der Waals surface area contributed by atoms with E-state index in [4.69, 9.17) is 0 Å². The molecule has 1 rings (SSSR count). The van der Waals surface area contributed by atoms with Crippen LogP contribution in [0.15, 0.2) is 36.1 Å². The SMILES string of the molecule is CC1(Br)/C=C\C=C/C(=O)/C(O)=C\1. The largest absolute Gasteiger partial charge is 0.504 e. The van der Waals surface area contributed by atoms with E-state index >= 15 is 0 Å². The van der Waals surface area contributed by atoms with Crippen LogP contribution in [0.3, 0.4) is 0 Å². The maximum absolute atomic E-state index is 11.0. The summed E-state index contributed by atoms with van der Waals surface area (Å²) in [5.74, 6) is -0.597. The Hall–Kier alpha value is -0.830. The van der Waals surface area contributed by atoms with Gasteiger partial charge in [-0.2, -0.15) is 0 Å². The molecule has 0 aliphatic heterocycles. The quantitative estimate of drug-likeness (QED) is 0.647. The Kier molecular flexibility index (Phi) is 2.52. The Balaban J connectivity index is 3.08. The van der Waals surface area contributed by atoms with Crippen molar-refractivity contribution in [1.29, 1.82) is 0 Å². The molecule has 1 atom stereocenters. The van der Waals surface area contributed by atoms with Gasteiger partial charge in [0.05, 0.1) is 4.32 Å². The molecular weight excluding hydrogens is 220 g/mol. The van der Waals surface area contributed by atoms with Crippen molar-refractivity contribution in [1.82, 2.24) is 0 Å². The summed E-state index contributed by atoms with van der Waals surface area (Å²) in [6, 6.07) is 0. The third kappa shape index (κ3) is 2.34. The van der Waals surface area contributed by atoms with E-state index in [-0.39, 0.29) is 11.5 Å². The van der Waals surface area contributed by atoms with Crippen LogP contribution in [0.4, 0.5) is 0 Å². The first-order valence-corrected chi connectivity index (χ1v) is 4.31. The lowest BCUT2D eigenvalue weighted by Gasteiger charge is -2.13. The van der Waals surface area contributed by atoms with Gasteiger partial charge in [-0.25, -0.2) is 0 Å². The van der Waals surface area contributed by atoms with Crippen LogP contribution in [0.25, 0.3) is 0 Å². The predicted molar refractivity (Wildman–Crippen MR) is 51.3 cm³/mol. The number of rotatable bonds is 0. The normalized spacial score (nSPS) is 39.2. The summed E-state index contributed by atoms with van der Waals surface area (Å²) in [5.41, 5.74) is 0. The van der Waals surface area contributed by atoms with E-state index in [1.165, 1.54) is 12.2 Å². The van der Waals surface area contributed by atoms with Crippen LogP contribution in [0.5, 0.6) is 0 Å². The average molecular weight is 229 g/mol. The number of allylic oxidation sites excluding steroid dienone is 5. The molecule has 0 radical (unpaired) electrons. The summed E-state index contributed by atoms with van der Waals surface area (Å²) in [7, 11) is 0. The van der Waals surface area contributed by atoms with Crippen molar-refractivity contribution < 1.29 is 9.90 Å². The first-order valence-electron chi connectivity index (χ1n) is 3.52. The number of hydrogen-bond acceptors (Lipinski definition) is 2.